The van der Waals surface area contributed by atoms with Crippen molar-refractivity contribution in [2.75, 3.05) is 6.26 Å². The van der Waals surface area contributed by atoms with Gasteiger partial charge in [0.15, 0.2) is 5.82 Å². The van der Waals surface area contributed by atoms with E-state index in [-0.39, 0.29) is 12.0 Å². The molecule has 0 radical (unpaired) electrons. The van der Waals surface area contributed by atoms with Gasteiger partial charge in [-0.05, 0) is 25.5 Å². The molecule has 0 bridgehead atoms. The van der Waals surface area contributed by atoms with Gasteiger partial charge in [-0.2, -0.15) is 16.7 Å². The molecule has 0 aromatic carbocycles. The van der Waals surface area contributed by atoms with E-state index < -0.39 is 0 Å². The van der Waals surface area contributed by atoms with Gasteiger partial charge in [0.1, 0.15) is 0 Å². The molecule has 2 rings (SSSR count). The minimum absolute atomic E-state index is 0.0677. The molecule has 4 nitrogen and oxygen atoms in total. The summed E-state index contributed by atoms with van der Waals surface area (Å²) in [6, 6.07) is 0. The van der Waals surface area contributed by atoms with Gasteiger partial charge in [-0.15, -0.1) is 0 Å². The lowest BCUT2D eigenvalue weighted by Crippen LogP contribution is -2.11. The molecule has 1 aliphatic rings. The number of aliphatic hydroxyl groups excluding tert-OH is 1. The van der Waals surface area contributed by atoms with Crippen LogP contribution in [0.3, 0.4) is 0 Å². The molecule has 5 heteroatoms. The summed E-state index contributed by atoms with van der Waals surface area (Å²) in [7, 11) is 0. The second-order valence-corrected chi connectivity index (χ2v) is 4.45. The molecule has 1 heterocycles. The quantitative estimate of drug-likeness (QED) is 0.827. The molecule has 0 spiro atoms. The zero-order valence-electron chi connectivity index (χ0n) is 8.14. The van der Waals surface area contributed by atoms with Crippen molar-refractivity contribution >= 4 is 11.8 Å². The first-order chi connectivity index (χ1) is 6.81. The summed E-state index contributed by atoms with van der Waals surface area (Å²) in [5.74, 6) is 2.18. The molecular formula is C9H14N2O2S. The molecule has 1 aliphatic carbocycles. The van der Waals surface area contributed by atoms with Crippen LogP contribution in [0.25, 0.3) is 0 Å². The third-order valence-corrected chi connectivity index (χ3v) is 3.10. The van der Waals surface area contributed by atoms with Crippen LogP contribution in [0.1, 0.15) is 36.9 Å². The Bertz CT molecular complexity index is 303. The van der Waals surface area contributed by atoms with Crippen molar-refractivity contribution in [3.05, 3.63) is 11.7 Å². The van der Waals surface area contributed by atoms with Gasteiger partial charge in [0.25, 0.3) is 0 Å². The molecule has 0 amide bonds. The topological polar surface area (TPSA) is 59.2 Å². The maximum Gasteiger partial charge on any atom is 0.232 e. The van der Waals surface area contributed by atoms with Crippen molar-refractivity contribution in [3.63, 3.8) is 0 Å². The summed E-state index contributed by atoms with van der Waals surface area (Å²) in [6.07, 6.45) is 4.57. The van der Waals surface area contributed by atoms with Crippen LogP contribution in [-0.4, -0.2) is 27.6 Å². The van der Waals surface area contributed by atoms with Crippen molar-refractivity contribution in [2.24, 2.45) is 0 Å². The van der Waals surface area contributed by atoms with Crippen LogP contribution in [0.4, 0.5) is 0 Å². The first kappa shape index (κ1) is 9.98. The monoisotopic (exact) mass is 214 g/mol. The van der Waals surface area contributed by atoms with E-state index in [4.69, 9.17) is 4.52 Å². The van der Waals surface area contributed by atoms with Crippen molar-refractivity contribution in [2.45, 2.75) is 37.0 Å². The zero-order chi connectivity index (χ0) is 9.97. The summed E-state index contributed by atoms with van der Waals surface area (Å²) >= 11 is 1.66. The highest BCUT2D eigenvalue weighted by Gasteiger charge is 2.31. The number of thioether (sulfide) groups is 1. The maximum atomic E-state index is 9.65. The SMILES string of the molecule is CSCc1noc(C2CCCC2O)n1. The van der Waals surface area contributed by atoms with Crippen LogP contribution in [0.2, 0.25) is 0 Å². The highest BCUT2D eigenvalue weighted by molar-refractivity contribution is 7.97. The van der Waals surface area contributed by atoms with E-state index in [1.54, 1.807) is 11.8 Å². The fourth-order valence-electron chi connectivity index (χ4n) is 1.83. The number of hydrogen-bond acceptors (Lipinski definition) is 5. The van der Waals surface area contributed by atoms with Crippen molar-refractivity contribution in [1.82, 2.24) is 10.1 Å². The first-order valence-corrected chi connectivity index (χ1v) is 6.20. The van der Waals surface area contributed by atoms with Gasteiger partial charge in [0.2, 0.25) is 5.89 Å². The Morgan fingerprint density at radius 2 is 2.43 bits per heavy atom. The lowest BCUT2D eigenvalue weighted by Gasteiger charge is -2.07. The second-order valence-electron chi connectivity index (χ2n) is 3.59. The fourth-order valence-corrected chi connectivity index (χ4v) is 2.21. The molecule has 1 aromatic heterocycles. The average molecular weight is 214 g/mol. The van der Waals surface area contributed by atoms with Gasteiger partial charge in [-0.3, -0.25) is 0 Å². The number of aliphatic hydroxyl groups is 1. The summed E-state index contributed by atoms with van der Waals surface area (Å²) in [6.45, 7) is 0. The minimum atomic E-state index is -0.294. The zero-order valence-corrected chi connectivity index (χ0v) is 8.96. The summed E-state index contributed by atoms with van der Waals surface area (Å²) < 4.78 is 5.14. The minimum Gasteiger partial charge on any atom is -0.392 e. The van der Waals surface area contributed by atoms with E-state index in [1.165, 1.54) is 0 Å². The van der Waals surface area contributed by atoms with Gasteiger partial charge >= 0.3 is 0 Å². The second kappa shape index (κ2) is 4.31. The molecule has 2 atom stereocenters. The predicted molar refractivity (Wildman–Crippen MR) is 54.1 cm³/mol. The molecule has 0 aliphatic heterocycles. The van der Waals surface area contributed by atoms with Gasteiger partial charge in [0.05, 0.1) is 17.8 Å². The molecule has 1 aromatic rings. The van der Waals surface area contributed by atoms with Crippen LogP contribution in [0.15, 0.2) is 4.52 Å². The van der Waals surface area contributed by atoms with E-state index in [2.05, 4.69) is 10.1 Å². The Balaban J connectivity index is 2.08. The Hall–Kier alpha value is -0.550. The third kappa shape index (κ3) is 1.93. The van der Waals surface area contributed by atoms with Crippen LogP contribution in [0.5, 0.6) is 0 Å². The van der Waals surface area contributed by atoms with E-state index in [1.807, 2.05) is 6.26 Å². The van der Waals surface area contributed by atoms with Crippen LogP contribution in [0, 0.1) is 0 Å². The number of rotatable bonds is 3. The van der Waals surface area contributed by atoms with Gasteiger partial charge in [-0.25, -0.2) is 0 Å². The molecule has 0 saturated heterocycles. The molecule has 1 N–H and O–H groups in total. The van der Waals surface area contributed by atoms with E-state index >= 15 is 0 Å². The van der Waals surface area contributed by atoms with E-state index in [0.717, 1.165) is 30.8 Å². The van der Waals surface area contributed by atoms with Gasteiger partial charge in [0, 0.05) is 0 Å². The standard InChI is InChI=1S/C9H14N2O2S/c1-14-5-8-10-9(13-11-8)6-3-2-4-7(6)12/h6-7,12H,2-5H2,1H3. The molecule has 78 valence electrons. The Morgan fingerprint density at radius 1 is 1.57 bits per heavy atom. The van der Waals surface area contributed by atoms with Crippen LogP contribution in [-0.2, 0) is 5.75 Å². The molecule has 2 unspecified atom stereocenters. The lowest BCUT2D eigenvalue weighted by atomic mass is 10.1. The van der Waals surface area contributed by atoms with Crippen molar-refractivity contribution in [1.29, 1.82) is 0 Å². The Labute approximate surface area is 87.1 Å². The number of hydrogen-bond donors (Lipinski definition) is 1. The molecule has 14 heavy (non-hydrogen) atoms. The predicted octanol–water partition coefficient (Wildman–Crippen LogP) is 1.56. The van der Waals surface area contributed by atoms with Gasteiger partial charge in [-0.1, -0.05) is 5.16 Å². The maximum absolute atomic E-state index is 9.65. The van der Waals surface area contributed by atoms with Crippen LogP contribution < -0.4 is 0 Å². The normalized spacial score (nSPS) is 27.0. The van der Waals surface area contributed by atoms with Crippen LogP contribution >= 0.6 is 11.8 Å². The highest BCUT2D eigenvalue weighted by atomic mass is 32.2. The summed E-state index contributed by atoms with van der Waals surface area (Å²) in [5, 5.41) is 13.5. The fraction of sp³-hybridized carbons (Fsp3) is 0.778. The van der Waals surface area contributed by atoms with Crippen molar-refractivity contribution < 1.29 is 9.63 Å². The lowest BCUT2D eigenvalue weighted by molar-refractivity contribution is 0.148. The molecule has 1 saturated carbocycles. The largest absolute Gasteiger partial charge is 0.392 e. The molecular weight excluding hydrogens is 200 g/mol. The average Bonchev–Trinajstić information content (AvgIpc) is 2.74. The number of aromatic nitrogens is 2. The molecule has 1 fully saturated rings. The van der Waals surface area contributed by atoms with E-state index in [9.17, 15) is 5.11 Å². The van der Waals surface area contributed by atoms with E-state index in [0.29, 0.717) is 5.89 Å². The number of nitrogens with zero attached hydrogens (tertiary/aromatic N) is 2. The summed E-state index contributed by atoms with van der Waals surface area (Å²) in [4.78, 5) is 4.27. The Morgan fingerprint density at radius 3 is 3.07 bits per heavy atom. The first-order valence-electron chi connectivity index (χ1n) is 4.80. The smallest absolute Gasteiger partial charge is 0.232 e. The van der Waals surface area contributed by atoms with Crippen molar-refractivity contribution in [3.8, 4) is 0 Å². The third-order valence-electron chi connectivity index (χ3n) is 2.55. The highest BCUT2D eigenvalue weighted by Crippen LogP contribution is 2.33. The summed E-state index contributed by atoms with van der Waals surface area (Å²) in [5.41, 5.74) is 0. The Kier molecular flexibility index (Phi) is 3.08. The van der Waals surface area contributed by atoms with Gasteiger partial charge < -0.3 is 9.63 Å².